The van der Waals surface area contributed by atoms with Gasteiger partial charge in [0.1, 0.15) is 0 Å². The van der Waals surface area contributed by atoms with Gasteiger partial charge in [-0.05, 0) is 12.5 Å². The molecule has 1 aromatic carbocycles. The van der Waals surface area contributed by atoms with E-state index in [-0.39, 0.29) is 5.03 Å². The number of thiazole rings is 1. The summed E-state index contributed by atoms with van der Waals surface area (Å²) in [5.41, 5.74) is 2.01. The number of anilines is 1. The molecule has 0 saturated carbocycles. The van der Waals surface area contributed by atoms with Crippen LogP contribution in [-0.2, 0) is 16.4 Å². The van der Waals surface area contributed by atoms with Crippen molar-refractivity contribution in [2.75, 3.05) is 4.72 Å². The number of aromatic amines is 1. The van der Waals surface area contributed by atoms with Gasteiger partial charge in [-0.25, -0.2) is 9.97 Å². The highest BCUT2D eigenvalue weighted by Crippen LogP contribution is 2.25. The van der Waals surface area contributed by atoms with Gasteiger partial charge in [0.2, 0.25) is 0 Å². The molecule has 0 amide bonds. The largest absolute Gasteiger partial charge is 0.334 e. The van der Waals surface area contributed by atoms with Gasteiger partial charge < -0.3 is 4.98 Å². The third kappa shape index (κ3) is 3.18. The highest BCUT2D eigenvalue weighted by molar-refractivity contribution is 7.92. The zero-order chi connectivity index (χ0) is 15.6. The second kappa shape index (κ2) is 5.90. The molecule has 0 aliphatic heterocycles. The molecule has 2 heterocycles. The van der Waals surface area contributed by atoms with Gasteiger partial charge in [0.15, 0.2) is 10.2 Å². The molecule has 6 nitrogen and oxygen atoms in total. The quantitative estimate of drug-likeness (QED) is 0.750. The van der Waals surface area contributed by atoms with E-state index in [0.29, 0.717) is 11.6 Å². The number of nitrogens with one attached hydrogen (secondary N) is 2. The Kier molecular flexibility index (Phi) is 3.95. The van der Waals surface area contributed by atoms with Crippen molar-refractivity contribution in [1.29, 1.82) is 0 Å². The van der Waals surface area contributed by atoms with Crippen molar-refractivity contribution in [2.45, 2.75) is 18.4 Å². The summed E-state index contributed by atoms with van der Waals surface area (Å²) in [4.78, 5) is 11.7. The number of nitrogens with zero attached hydrogens (tertiary/aromatic N) is 2. The van der Waals surface area contributed by atoms with E-state index in [0.717, 1.165) is 16.1 Å². The third-order valence-corrected chi connectivity index (χ3v) is 5.41. The molecular formula is C14H14N4O2S2. The summed E-state index contributed by atoms with van der Waals surface area (Å²) >= 11 is 1.32. The molecule has 3 rings (SSSR count). The molecule has 0 unspecified atom stereocenters. The minimum Gasteiger partial charge on any atom is -0.334 e. The van der Waals surface area contributed by atoms with E-state index in [4.69, 9.17) is 0 Å². The minimum absolute atomic E-state index is 0.0185. The minimum atomic E-state index is -3.67. The lowest BCUT2D eigenvalue weighted by molar-refractivity contribution is 0.598. The molecule has 2 N–H and O–H groups in total. The fraction of sp³-hybridized carbons (Fsp3) is 0.143. The van der Waals surface area contributed by atoms with Gasteiger partial charge in [-0.15, -0.1) is 11.3 Å². The monoisotopic (exact) mass is 334 g/mol. The van der Waals surface area contributed by atoms with Crippen molar-refractivity contribution in [1.82, 2.24) is 15.0 Å². The van der Waals surface area contributed by atoms with Crippen LogP contribution in [0.1, 0.15) is 16.1 Å². The van der Waals surface area contributed by atoms with Crippen LogP contribution < -0.4 is 4.72 Å². The highest BCUT2D eigenvalue weighted by Gasteiger charge is 2.18. The van der Waals surface area contributed by atoms with Gasteiger partial charge in [0, 0.05) is 11.3 Å². The smallest absolute Gasteiger partial charge is 0.280 e. The average Bonchev–Trinajstić information content (AvgIpc) is 3.11. The van der Waals surface area contributed by atoms with E-state index in [1.807, 2.05) is 37.3 Å². The predicted molar refractivity (Wildman–Crippen MR) is 85.5 cm³/mol. The molecule has 0 fully saturated rings. The standard InChI is InChI=1S/C14H14N4O2S2/c1-10-12(7-11-5-3-2-4-6-11)17-14(21-10)18-22(19,20)13-8-15-9-16-13/h2-6,8-9H,7H2,1H3,(H,15,16)(H,17,18). The van der Waals surface area contributed by atoms with E-state index in [9.17, 15) is 8.42 Å². The number of H-pyrrole nitrogens is 1. The summed E-state index contributed by atoms with van der Waals surface area (Å²) in [6, 6.07) is 9.94. The zero-order valence-electron chi connectivity index (χ0n) is 11.8. The molecule has 0 aliphatic carbocycles. The first kappa shape index (κ1) is 14.7. The van der Waals surface area contributed by atoms with Crippen molar-refractivity contribution in [3.8, 4) is 0 Å². The van der Waals surface area contributed by atoms with Crippen LogP contribution in [0.3, 0.4) is 0 Å². The Balaban J connectivity index is 1.81. The summed E-state index contributed by atoms with van der Waals surface area (Å²) in [5, 5.41) is 0.378. The molecule has 0 radical (unpaired) electrons. The number of aryl methyl sites for hydroxylation is 1. The Morgan fingerprint density at radius 1 is 1.27 bits per heavy atom. The van der Waals surface area contributed by atoms with Gasteiger partial charge in [-0.1, -0.05) is 30.3 Å². The van der Waals surface area contributed by atoms with Crippen molar-refractivity contribution < 1.29 is 8.42 Å². The first-order valence-electron chi connectivity index (χ1n) is 6.56. The molecule has 0 bridgehead atoms. The van der Waals surface area contributed by atoms with Gasteiger partial charge in [0.25, 0.3) is 10.0 Å². The summed E-state index contributed by atoms with van der Waals surface area (Å²) < 4.78 is 26.7. The maximum atomic E-state index is 12.1. The summed E-state index contributed by atoms with van der Waals surface area (Å²) in [6.45, 7) is 1.93. The fourth-order valence-corrected chi connectivity index (χ4v) is 3.96. The number of hydrogen-bond acceptors (Lipinski definition) is 5. The predicted octanol–water partition coefficient (Wildman–Crippen LogP) is 2.57. The Labute approximate surface area is 132 Å². The van der Waals surface area contributed by atoms with Crippen LogP contribution in [0.2, 0.25) is 0 Å². The summed E-state index contributed by atoms with van der Waals surface area (Å²) in [6.07, 6.45) is 3.26. The van der Waals surface area contributed by atoms with Crippen molar-refractivity contribution in [3.05, 3.63) is 59.0 Å². The van der Waals surface area contributed by atoms with Crippen LogP contribution in [0.15, 0.2) is 47.9 Å². The number of rotatable bonds is 5. The van der Waals surface area contributed by atoms with Crippen molar-refractivity contribution >= 4 is 26.5 Å². The maximum Gasteiger partial charge on any atom is 0.280 e. The number of hydrogen-bond donors (Lipinski definition) is 2. The molecule has 22 heavy (non-hydrogen) atoms. The number of aromatic nitrogens is 3. The topological polar surface area (TPSA) is 87.7 Å². The molecule has 8 heteroatoms. The molecule has 3 aromatic rings. The Morgan fingerprint density at radius 2 is 2.05 bits per heavy atom. The summed E-state index contributed by atoms with van der Waals surface area (Å²) in [5.74, 6) is 0. The van der Waals surface area contributed by atoms with Crippen LogP contribution >= 0.6 is 11.3 Å². The fourth-order valence-electron chi connectivity index (χ4n) is 1.98. The molecule has 114 valence electrons. The first-order valence-corrected chi connectivity index (χ1v) is 8.86. The molecule has 0 atom stereocenters. The maximum absolute atomic E-state index is 12.1. The number of benzene rings is 1. The Bertz CT molecular complexity index is 856. The van der Waals surface area contributed by atoms with Crippen LogP contribution in [0.25, 0.3) is 0 Å². The van der Waals surface area contributed by atoms with E-state index in [2.05, 4.69) is 19.7 Å². The van der Waals surface area contributed by atoms with Gasteiger partial charge in [-0.2, -0.15) is 8.42 Å². The summed E-state index contributed by atoms with van der Waals surface area (Å²) in [7, 11) is -3.67. The van der Waals surface area contributed by atoms with Gasteiger partial charge >= 0.3 is 0 Å². The van der Waals surface area contributed by atoms with Crippen LogP contribution in [0.4, 0.5) is 5.13 Å². The average molecular weight is 334 g/mol. The normalized spacial score (nSPS) is 11.5. The highest BCUT2D eigenvalue weighted by atomic mass is 32.2. The van der Waals surface area contributed by atoms with Crippen molar-refractivity contribution in [2.24, 2.45) is 0 Å². The van der Waals surface area contributed by atoms with Crippen LogP contribution in [0, 0.1) is 6.92 Å². The molecule has 0 aliphatic rings. The first-order chi connectivity index (χ1) is 10.5. The van der Waals surface area contributed by atoms with E-state index < -0.39 is 10.0 Å². The SMILES string of the molecule is Cc1sc(NS(=O)(=O)c2cnc[nH]2)nc1Cc1ccccc1. The van der Waals surface area contributed by atoms with Gasteiger partial charge in [-0.3, -0.25) is 4.72 Å². The van der Waals surface area contributed by atoms with E-state index in [1.165, 1.54) is 23.9 Å². The van der Waals surface area contributed by atoms with E-state index in [1.54, 1.807) is 0 Å². The molecule has 0 spiro atoms. The lowest BCUT2D eigenvalue weighted by Crippen LogP contribution is -2.13. The van der Waals surface area contributed by atoms with E-state index >= 15 is 0 Å². The molecule has 0 saturated heterocycles. The van der Waals surface area contributed by atoms with Crippen LogP contribution in [0.5, 0.6) is 0 Å². The molecule has 2 aromatic heterocycles. The third-order valence-electron chi connectivity index (χ3n) is 3.09. The lowest BCUT2D eigenvalue weighted by Gasteiger charge is -2.01. The second-order valence-corrected chi connectivity index (χ2v) is 7.56. The van der Waals surface area contributed by atoms with Crippen LogP contribution in [-0.4, -0.2) is 23.4 Å². The molecular weight excluding hydrogens is 320 g/mol. The Morgan fingerprint density at radius 3 is 2.73 bits per heavy atom. The van der Waals surface area contributed by atoms with Gasteiger partial charge in [0.05, 0.1) is 18.2 Å². The Hall–Kier alpha value is -2.19. The second-order valence-electron chi connectivity index (χ2n) is 4.71. The zero-order valence-corrected chi connectivity index (χ0v) is 13.4. The number of imidazole rings is 1. The lowest BCUT2D eigenvalue weighted by atomic mass is 10.1. The van der Waals surface area contributed by atoms with Crippen molar-refractivity contribution in [3.63, 3.8) is 0 Å². The number of sulfonamides is 1.